The zero-order chi connectivity index (χ0) is 15.8. The van der Waals surface area contributed by atoms with Crippen LogP contribution < -0.4 is 5.32 Å². The molecule has 0 aliphatic carbocycles. The molecule has 0 atom stereocenters. The largest absolute Gasteiger partial charge is 0.395 e. The quantitative estimate of drug-likeness (QED) is 0.810. The van der Waals surface area contributed by atoms with Gasteiger partial charge in [-0.05, 0) is 18.2 Å². The van der Waals surface area contributed by atoms with Crippen molar-refractivity contribution in [3.05, 3.63) is 29.6 Å². The van der Waals surface area contributed by atoms with Crippen LogP contribution in [-0.4, -0.2) is 49.3 Å². The van der Waals surface area contributed by atoms with Gasteiger partial charge in [0.2, 0.25) is 0 Å². The number of aliphatic hydroxyl groups excluding tert-OH is 1. The van der Waals surface area contributed by atoms with Gasteiger partial charge < -0.3 is 20.1 Å². The fraction of sp³-hybridized carbons (Fsp3) is 0.462. The second-order valence-corrected chi connectivity index (χ2v) is 4.23. The van der Waals surface area contributed by atoms with Crippen molar-refractivity contribution in [2.45, 2.75) is 13.0 Å². The molecule has 8 heteroatoms. The van der Waals surface area contributed by atoms with Gasteiger partial charge in [-0.3, -0.25) is 0 Å². The third kappa shape index (κ3) is 5.60. The number of benzene rings is 1. The summed E-state index contributed by atoms with van der Waals surface area (Å²) in [6, 6.07) is 2.84. The number of carbonyl (C=O) groups excluding carboxylic acids is 1. The van der Waals surface area contributed by atoms with Crippen molar-refractivity contribution in [1.29, 1.82) is 0 Å². The number of aliphatic hydroxyl groups is 1. The zero-order valence-corrected chi connectivity index (χ0v) is 11.5. The minimum atomic E-state index is -2.71. The van der Waals surface area contributed by atoms with Crippen molar-refractivity contribution in [3.8, 4) is 0 Å². The molecule has 1 aromatic rings. The highest BCUT2D eigenvalue weighted by Gasteiger charge is 2.18. The van der Waals surface area contributed by atoms with Gasteiger partial charge in [0, 0.05) is 24.9 Å². The Bertz CT molecular complexity index is 472. The Balaban J connectivity index is 2.84. The van der Waals surface area contributed by atoms with Gasteiger partial charge in [-0.1, -0.05) is 0 Å². The third-order valence-corrected chi connectivity index (χ3v) is 2.62. The average molecular weight is 306 g/mol. The number of carbonyl (C=O) groups is 1. The Kier molecular flexibility index (Phi) is 6.97. The van der Waals surface area contributed by atoms with Crippen LogP contribution in [0.1, 0.15) is 5.56 Å². The van der Waals surface area contributed by atoms with Crippen LogP contribution >= 0.6 is 0 Å². The number of amides is 2. The second kappa shape index (κ2) is 8.48. The van der Waals surface area contributed by atoms with E-state index in [-0.39, 0.29) is 18.8 Å². The SMILES string of the molecule is COCc1cc(F)ccc1NC(=O)N(CCO)CC(F)F. The number of hydrogen-bond acceptors (Lipinski definition) is 3. The van der Waals surface area contributed by atoms with E-state index in [1.807, 2.05) is 0 Å². The summed E-state index contributed by atoms with van der Waals surface area (Å²) < 4.78 is 42.8. The van der Waals surface area contributed by atoms with Crippen LogP contribution in [0.5, 0.6) is 0 Å². The summed E-state index contributed by atoms with van der Waals surface area (Å²) in [4.78, 5) is 12.7. The highest BCUT2D eigenvalue weighted by atomic mass is 19.3. The van der Waals surface area contributed by atoms with Gasteiger partial charge in [0.1, 0.15) is 5.82 Å². The van der Waals surface area contributed by atoms with E-state index in [1.165, 1.54) is 19.2 Å². The molecule has 0 fully saturated rings. The van der Waals surface area contributed by atoms with Gasteiger partial charge in [-0.25, -0.2) is 18.0 Å². The topological polar surface area (TPSA) is 61.8 Å². The summed E-state index contributed by atoms with van der Waals surface area (Å²) >= 11 is 0. The molecule has 0 aromatic heterocycles. The first-order chi connectivity index (χ1) is 9.97. The van der Waals surface area contributed by atoms with E-state index in [9.17, 15) is 18.0 Å². The molecule has 1 rings (SSSR count). The number of alkyl halides is 2. The molecule has 21 heavy (non-hydrogen) atoms. The molecule has 2 N–H and O–H groups in total. The minimum absolute atomic E-state index is 0.0578. The summed E-state index contributed by atoms with van der Waals surface area (Å²) in [5.41, 5.74) is 0.646. The molecule has 118 valence electrons. The van der Waals surface area contributed by atoms with Crippen molar-refractivity contribution in [1.82, 2.24) is 4.90 Å². The molecular weight excluding hydrogens is 289 g/mol. The van der Waals surface area contributed by atoms with Gasteiger partial charge >= 0.3 is 6.03 Å². The zero-order valence-electron chi connectivity index (χ0n) is 11.5. The fourth-order valence-electron chi connectivity index (χ4n) is 1.72. The molecule has 1 aromatic carbocycles. The van der Waals surface area contributed by atoms with Gasteiger partial charge in [0.15, 0.2) is 0 Å². The summed E-state index contributed by atoms with van der Waals surface area (Å²) in [7, 11) is 1.41. The fourth-order valence-corrected chi connectivity index (χ4v) is 1.72. The predicted octanol–water partition coefficient (Wildman–Crippen LogP) is 2.06. The van der Waals surface area contributed by atoms with Gasteiger partial charge in [0.25, 0.3) is 6.43 Å². The van der Waals surface area contributed by atoms with Gasteiger partial charge in [-0.15, -0.1) is 0 Å². The van der Waals surface area contributed by atoms with E-state index in [4.69, 9.17) is 9.84 Å². The number of anilines is 1. The van der Waals surface area contributed by atoms with Crippen LogP contribution in [0.15, 0.2) is 18.2 Å². The van der Waals surface area contributed by atoms with Gasteiger partial charge in [0.05, 0.1) is 19.8 Å². The maximum absolute atomic E-state index is 13.1. The Labute approximate surface area is 120 Å². The van der Waals surface area contributed by atoms with E-state index in [0.717, 1.165) is 11.0 Å². The lowest BCUT2D eigenvalue weighted by molar-refractivity contribution is 0.0942. The standard InChI is InChI=1S/C13H17F3N2O3/c1-21-8-9-6-10(14)2-3-11(9)17-13(20)18(4-5-19)7-12(15)16/h2-3,6,12,19H,4-5,7-8H2,1H3,(H,17,20). The number of ether oxygens (including phenoxy) is 1. The molecule has 0 bridgehead atoms. The highest BCUT2D eigenvalue weighted by molar-refractivity contribution is 5.90. The lowest BCUT2D eigenvalue weighted by atomic mass is 10.2. The van der Waals surface area contributed by atoms with Gasteiger partial charge in [-0.2, -0.15) is 0 Å². The Morgan fingerprint density at radius 3 is 2.76 bits per heavy atom. The molecule has 0 spiro atoms. The van der Waals surface area contributed by atoms with Crippen LogP contribution in [0.4, 0.5) is 23.7 Å². The molecule has 0 heterocycles. The summed E-state index contributed by atoms with van der Waals surface area (Å²) in [6.45, 7) is -1.40. The normalized spacial score (nSPS) is 10.8. The predicted molar refractivity (Wildman–Crippen MR) is 70.8 cm³/mol. The van der Waals surface area contributed by atoms with E-state index >= 15 is 0 Å². The number of halogens is 3. The van der Waals surface area contributed by atoms with Crippen LogP contribution in [-0.2, 0) is 11.3 Å². The maximum atomic E-state index is 13.1. The first kappa shape index (κ1) is 17.3. The van der Waals surface area contributed by atoms with E-state index in [1.54, 1.807) is 0 Å². The van der Waals surface area contributed by atoms with Crippen molar-refractivity contribution in [2.24, 2.45) is 0 Å². The maximum Gasteiger partial charge on any atom is 0.322 e. The number of methoxy groups -OCH3 is 1. The van der Waals surface area contributed by atoms with Crippen molar-refractivity contribution < 1.29 is 27.8 Å². The first-order valence-electron chi connectivity index (χ1n) is 6.20. The van der Waals surface area contributed by atoms with Crippen LogP contribution in [0.25, 0.3) is 0 Å². The molecule has 0 aliphatic heterocycles. The Morgan fingerprint density at radius 2 is 2.19 bits per heavy atom. The molecule has 0 saturated carbocycles. The number of nitrogens with one attached hydrogen (secondary N) is 1. The number of nitrogens with zero attached hydrogens (tertiary/aromatic N) is 1. The molecular formula is C13H17F3N2O3. The lowest BCUT2D eigenvalue weighted by Crippen LogP contribution is -2.40. The second-order valence-electron chi connectivity index (χ2n) is 4.23. The average Bonchev–Trinajstić information content (AvgIpc) is 2.41. The first-order valence-corrected chi connectivity index (χ1v) is 6.20. The monoisotopic (exact) mass is 306 g/mol. The molecule has 0 unspecified atom stereocenters. The molecule has 0 aliphatic rings. The van der Waals surface area contributed by atoms with Crippen LogP contribution in [0, 0.1) is 5.82 Å². The Morgan fingerprint density at radius 1 is 1.48 bits per heavy atom. The molecule has 5 nitrogen and oxygen atoms in total. The highest BCUT2D eigenvalue weighted by Crippen LogP contribution is 2.18. The minimum Gasteiger partial charge on any atom is -0.395 e. The molecule has 2 amide bonds. The molecule has 0 radical (unpaired) electrons. The summed E-state index contributed by atoms with van der Waals surface area (Å²) in [5.74, 6) is -0.500. The smallest absolute Gasteiger partial charge is 0.322 e. The summed E-state index contributed by atoms with van der Waals surface area (Å²) in [5, 5.41) is 11.2. The summed E-state index contributed by atoms with van der Waals surface area (Å²) in [6.07, 6.45) is -2.71. The lowest BCUT2D eigenvalue weighted by Gasteiger charge is -2.22. The van der Waals surface area contributed by atoms with E-state index < -0.39 is 31.4 Å². The van der Waals surface area contributed by atoms with Crippen molar-refractivity contribution >= 4 is 11.7 Å². The number of urea groups is 1. The number of hydrogen-bond donors (Lipinski definition) is 2. The van der Waals surface area contributed by atoms with Crippen LogP contribution in [0.3, 0.4) is 0 Å². The van der Waals surface area contributed by atoms with Crippen LogP contribution in [0.2, 0.25) is 0 Å². The molecule has 0 saturated heterocycles. The van der Waals surface area contributed by atoms with Crippen molar-refractivity contribution in [2.75, 3.05) is 32.1 Å². The Hall–Kier alpha value is -1.80. The number of rotatable bonds is 7. The van der Waals surface area contributed by atoms with E-state index in [0.29, 0.717) is 5.56 Å². The van der Waals surface area contributed by atoms with Crippen molar-refractivity contribution in [3.63, 3.8) is 0 Å². The third-order valence-electron chi connectivity index (χ3n) is 2.62. The van der Waals surface area contributed by atoms with E-state index in [2.05, 4.69) is 5.32 Å².